The van der Waals surface area contributed by atoms with E-state index in [1.54, 1.807) is 29.2 Å². The molecule has 1 aromatic heterocycles. The van der Waals surface area contributed by atoms with Crippen molar-refractivity contribution in [3.63, 3.8) is 0 Å². The van der Waals surface area contributed by atoms with E-state index in [9.17, 15) is 23.2 Å². The number of nitrogens with zero attached hydrogens (tertiary/aromatic N) is 3. The number of benzene rings is 2. The molecule has 3 aromatic rings. The van der Waals surface area contributed by atoms with E-state index in [-0.39, 0.29) is 22.8 Å². The molecule has 176 valence electrons. The lowest BCUT2D eigenvalue weighted by atomic mass is 10.2. The van der Waals surface area contributed by atoms with E-state index < -0.39 is 23.5 Å². The van der Waals surface area contributed by atoms with Crippen molar-refractivity contribution in [2.45, 2.75) is 18.9 Å². The number of hydrogen-bond acceptors (Lipinski definition) is 7. The molecule has 2 heterocycles. The Morgan fingerprint density at radius 3 is 2.47 bits per heavy atom. The van der Waals surface area contributed by atoms with E-state index in [4.69, 9.17) is 0 Å². The summed E-state index contributed by atoms with van der Waals surface area (Å²) in [5.41, 5.74) is 0.954. The fraction of sp³-hybridized carbons (Fsp3) is 0.227. The molecule has 0 aliphatic carbocycles. The van der Waals surface area contributed by atoms with Gasteiger partial charge in [-0.25, -0.2) is 18.4 Å². The van der Waals surface area contributed by atoms with Crippen LogP contribution in [0.5, 0.6) is 0 Å². The van der Waals surface area contributed by atoms with Crippen LogP contribution in [0.3, 0.4) is 0 Å². The second-order valence-electron chi connectivity index (χ2n) is 7.38. The van der Waals surface area contributed by atoms with E-state index in [1.165, 1.54) is 13.2 Å². The maximum atomic E-state index is 13.4. The second kappa shape index (κ2) is 9.91. The molecule has 1 saturated heterocycles. The van der Waals surface area contributed by atoms with Crippen molar-refractivity contribution in [2.24, 2.45) is 0 Å². The van der Waals surface area contributed by atoms with Gasteiger partial charge in [0.05, 0.1) is 18.7 Å². The van der Waals surface area contributed by atoms with Crippen molar-refractivity contribution in [3.05, 3.63) is 69.7 Å². The minimum Gasteiger partial charge on any atom is -0.465 e. The number of nitrogens with one attached hydrogen (secondary N) is 2. The largest absolute Gasteiger partial charge is 0.465 e. The van der Waals surface area contributed by atoms with Crippen molar-refractivity contribution in [1.82, 2.24) is 15.1 Å². The summed E-state index contributed by atoms with van der Waals surface area (Å²) in [6.45, 7) is 0.493. The zero-order chi connectivity index (χ0) is 24.2. The summed E-state index contributed by atoms with van der Waals surface area (Å²) in [5, 5.41) is 13.7. The van der Waals surface area contributed by atoms with Crippen molar-refractivity contribution < 1.29 is 27.9 Å². The van der Waals surface area contributed by atoms with Crippen LogP contribution in [0.4, 0.5) is 25.0 Å². The third-order valence-corrected chi connectivity index (χ3v) is 6.19. The van der Waals surface area contributed by atoms with Crippen LogP contribution in [0.1, 0.15) is 44.1 Å². The maximum absolute atomic E-state index is 13.4. The van der Waals surface area contributed by atoms with Gasteiger partial charge in [0.1, 0.15) is 5.01 Å². The number of ether oxygens (including phenoxy) is 1. The van der Waals surface area contributed by atoms with E-state index in [1.807, 2.05) is 0 Å². The first kappa shape index (κ1) is 23.2. The van der Waals surface area contributed by atoms with E-state index in [0.717, 1.165) is 29.9 Å². The third kappa shape index (κ3) is 5.01. The summed E-state index contributed by atoms with van der Waals surface area (Å²) in [4.78, 5) is 38.4. The lowest BCUT2D eigenvalue weighted by Gasteiger charge is -2.23. The fourth-order valence-corrected chi connectivity index (χ4v) is 4.37. The Hall–Kier alpha value is -3.93. The van der Waals surface area contributed by atoms with Crippen LogP contribution in [-0.4, -0.2) is 46.7 Å². The molecular formula is C22H19F2N5O4S. The first-order valence-electron chi connectivity index (χ1n) is 10.2. The van der Waals surface area contributed by atoms with Crippen LogP contribution < -0.4 is 10.6 Å². The molecule has 0 unspecified atom stereocenters. The van der Waals surface area contributed by atoms with Crippen LogP contribution in [0.15, 0.2) is 42.5 Å². The Bertz CT molecular complexity index is 1230. The quantitative estimate of drug-likeness (QED) is 0.521. The molecular weight excluding hydrogens is 468 g/mol. The van der Waals surface area contributed by atoms with Gasteiger partial charge in [-0.3, -0.25) is 4.79 Å². The van der Waals surface area contributed by atoms with Crippen molar-refractivity contribution in [1.29, 1.82) is 0 Å². The molecule has 1 atom stereocenters. The predicted octanol–water partition coefficient (Wildman–Crippen LogP) is 4.22. The predicted molar refractivity (Wildman–Crippen MR) is 120 cm³/mol. The van der Waals surface area contributed by atoms with Crippen LogP contribution in [0.2, 0.25) is 0 Å². The van der Waals surface area contributed by atoms with Crippen molar-refractivity contribution >= 4 is 40.6 Å². The Labute approximate surface area is 196 Å². The second-order valence-corrected chi connectivity index (χ2v) is 8.39. The van der Waals surface area contributed by atoms with Gasteiger partial charge < -0.3 is 20.3 Å². The zero-order valence-electron chi connectivity index (χ0n) is 17.9. The number of urea groups is 1. The number of halogens is 2. The number of aromatic nitrogens is 2. The summed E-state index contributed by atoms with van der Waals surface area (Å²) < 4.78 is 31.1. The molecule has 2 aromatic carbocycles. The molecule has 0 saturated carbocycles. The fourth-order valence-electron chi connectivity index (χ4n) is 3.49. The molecule has 0 spiro atoms. The van der Waals surface area contributed by atoms with Gasteiger partial charge in [-0.15, -0.1) is 10.2 Å². The Balaban J connectivity index is 1.42. The van der Waals surface area contributed by atoms with Gasteiger partial charge >= 0.3 is 12.0 Å². The average Bonchev–Trinajstić information content (AvgIpc) is 3.51. The summed E-state index contributed by atoms with van der Waals surface area (Å²) >= 11 is 1.02. The van der Waals surface area contributed by atoms with Crippen LogP contribution in [-0.2, 0) is 4.74 Å². The normalized spacial score (nSPS) is 15.1. The topological polar surface area (TPSA) is 114 Å². The number of anilines is 2. The molecule has 0 radical (unpaired) electrons. The third-order valence-electron chi connectivity index (χ3n) is 5.17. The van der Waals surface area contributed by atoms with Gasteiger partial charge in [-0.05, 0) is 49.2 Å². The van der Waals surface area contributed by atoms with Gasteiger partial charge in [-0.2, -0.15) is 0 Å². The first-order valence-corrected chi connectivity index (χ1v) is 11.0. The van der Waals surface area contributed by atoms with Gasteiger partial charge in [0.2, 0.25) is 5.01 Å². The molecule has 12 heteroatoms. The summed E-state index contributed by atoms with van der Waals surface area (Å²) in [6, 6.07) is 8.59. The zero-order valence-corrected chi connectivity index (χ0v) is 18.7. The number of amides is 3. The summed E-state index contributed by atoms with van der Waals surface area (Å²) in [7, 11) is 1.29. The monoisotopic (exact) mass is 487 g/mol. The van der Waals surface area contributed by atoms with Gasteiger partial charge in [0.15, 0.2) is 11.6 Å². The number of methoxy groups -OCH3 is 1. The minimum absolute atomic E-state index is 0.0328. The molecule has 2 N–H and O–H groups in total. The molecule has 9 nitrogen and oxygen atoms in total. The molecule has 1 aliphatic rings. The SMILES string of the molecule is COC(=O)c1ccc(NC(=O)N2CCC[C@H]2c2nnc(C(=O)Nc3ccc(F)c(F)c3)s2)cc1. The lowest BCUT2D eigenvalue weighted by Crippen LogP contribution is -2.34. The van der Waals surface area contributed by atoms with E-state index >= 15 is 0 Å². The van der Waals surface area contributed by atoms with Gasteiger partial charge in [0.25, 0.3) is 5.91 Å². The smallest absolute Gasteiger partial charge is 0.337 e. The van der Waals surface area contributed by atoms with Crippen LogP contribution in [0, 0.1) is 11.6 Å². The highest BCUT2D eigenvalue weighted by Crippen LogP contribution is 2.34. The standard InChI is InChI=1S/C22H19F2N5O4S/c1-33-21(31)12-4-6-13(7-5-12)26-22(32)29-10-2-3-17(29)19-27-28-20(34-19)18(30)25-14-8-9-15(23)16(24)11-14/h4-9,11,17H,2-3,10H2,1H3,(H,25,30)(H,26,32)/t17-/m0/s1. The number of likely N-dealkylation sites (tertiary alicyclic amines) is 1. The Kier molecular flexibility index (Phi) is 6.77. The molecule has 4 rings (SSSR count). The first-order chi connectivity index (χ1) is 16.4. The lowest BCUT2D eigenvalue weighted by molar-refractivity contribution is 0.0600. The maximum Gasteiger partial charge on any atom is 0.337 e. The highest BCUT2D eigenvalue weighted by molar-refractivity contribution is 7.13. The Morgan fingerprint density at radius 2 is 1.76 bits per heavy atom. The number of carbonyl (C=O) groups is 3. The molecule has 3 amide bonds. The van der Waals surface area contributed by atoms with E-state index in [0.29, 0.717) is 29.2 Å². The highest BCUT2D eigenvalue weighted by Gasteiger charge is 2.33. The number of esters is 1. The number of carbonyl (C=O) groups excluding carboxylic acids is 3. The molecule has 1 aliphatic heterocycles. The molecule has 0 bridgehead atoms. The summed E-state index contributed by atoms with van der Waals surface area (Å²) in [6.07, 6.45) is 1.39. The van der Waals surface area contributed by atoms with Crippen molar-refractivity contribution in [3.8, 4) is 0 Å². The number of hydrogen-bond donors (Lipinski definition) is 2. The van der Waals surface area contributed by atoms with Gasteiger partial charge in [0, 0.05) is 24.0 Å². The number of rotatable bonds is 5. The molecule has 1 fully saturated rings. The highest BCUT2D eigenvalue weighted by atomic mass is 32.1. The van der Waals surface area contributed by atoms with Gasteiger partial charge in [-0.1, -0.05) is 11.3 Å². The summed E-state index contributed by atoms with van der Waals surface area (Å²) in [5.74, 6) is -3.19. The van der Waals surface area contributed by atoms with E-state index in [2.05, 4.69) is 25.6 Å². The average molecular weight is 487 g/mol. The van der Waals surface area contributed by atoms with Crippen molar-refractivity contribution in [2.75, 3.05) is 24.3 Å². The molecule has 34 heavy (non-hydrogen) atoms. The minimum atomic E-state index is -1.08. The van der Waals surface area contributed by atoms with Crippen LogP contribution in [0.25, 0.3) is 0 Å². The van der Waals surface area contributed by atoms with Crippen LogP contribution >= 0.6 is 11.3 Å². The Morgan fingerprint density at radius 1 is 1.03 bits per heavy atom.